The molecule has 4 nitrogen and oxygen atoms in total. The van der Waals surface area contributed by atoms with Crippen molar-refractivity contribution in [1.29, 1.82) is 0 Å². The molecular weight excluding hydrogens is 394 g/mol. The van der Waals surface area contributed by atoms with E-state index in [1.54, 1.807) is 16.8 Å². The van der Waals surface area contributed by atoms with Gasteiger partial charge in [0.1, 0.15) is 17.3 Å². The average Bonchev–Trinajstić information content (AvgIpc) is 2.85. The minimum Gasteiger partial charge on any atom is -0.383 e. The van der Waals surface area contributed by atoms with E-state index in [4.69, 9.17) is 28.9 Å². The Balaban J connectivity index is 2.14. The van der Waals surface area contributed by atoms with E-state index in [0.717, 1.165) is 4.47 Å². The van der Waals surface area contributed by atoms with Crippen LogP contribution >= 0.6 is 39.1 Å². The van der Waals surface area contributed by atoms with Crippen molar-refractivity contribution in [2.45, 2.75) is 0 Å². The molecule has 0 bridgehead atoms. The van der Waals surface area contributed by atoms with Crippen molar-refractivity contribution in [1.82, 2.24) is 9.61 Å². The Hall–Kier alpha value is -1.63. The van der Waals surface area contributed by atoms with E-state index in [1.807, 2.05) is 0 Å². The van der Waals surface area contributed by atoms with Crippen LogP contribution in [0.2, 0.25) is 10.0 Å². The highest BCUT2D eigenvalue weighted by Gasteiger charge is 2.13. The Kier molecular flexibility index (Phi) is 4.08. The zero-order valence-electron chi connectivity index (χ0n) is 10.9. The van der Waals surface area contributed by atoms with Gasteiger partial charge in [0.15, 0.2) is 0 Å². The van der Waals surface area contributed by atoms with E-state index in [9.17, 15) is 4.39 Å². The lowest BCUT2D eigenvalue weighted by atomic mass is 10.2. The summed E-state index contributed by atoms with van der Waals surface area (Å²) in [7, 11) is 0. The van der Waals surface area contributed by atoms with Crippen LogP contribution in [0.15, 0.2) is 46.1 Å². The summed E-state index contributed by atoms with van der Waals surface area (Å²) >= 11 is 15.6. The van der Waals surface area contributed by atoms with Gasteiger partial charge < -0.3 is 5.73 Å². The highest BCUT2D eigenvalue weighted by Crippen LogP contribution is 2.30. The number of benzene rings is 1. The monoisotopic (exact) mass is 400 g/mol. The van der Waals surface area contributed by atoms with E-state index >= 15 is 0 Å². The normalized spacial score (nSPS) is 12.1. The van der Waals surface area contributed by atoms with Crippen LogP contribution in [0.1, 0.15) is 5.56 Å². The third-order valence-corrected chi connectivity index (χ3v) is 4.12. The van der Waals surface area contributed by atoms with Gasteiger partial charge in [-0.25, -0.2) is 13.9 Å². The van der Waals surface area contributed by atoms with Gasteiger partial charge in [-0.3, -0.25) is 0 Å². The van der Waals surface area contributed by atoms with Crippen LogP contribution in [0.3, 0.4) is 0 Å². The first-order chi connectivity index (χ1) is 10.5. The molecule has 0 amide bonds. The van der Waals surface area contributed by atoms with E-state index in [0.29, 0.717) is 16.1 Å². The molecule has 0 saturated heterocycles. The molecule has 3 aromatic rings. The predicted octanol–water partition coefficient (Wildman–Crippen LogP) is 4.58. The van der Waals surface area contributed by atoms with E-state index in [1.165, 1.54) is 24.4 Å². The summed E-state index contributed by atoms with van der Waals surface area (Å²) in [5, 5.41) is 4.72. The Morgan fingerprint density at radius 2 is 2.14 bits per heavy atom. The molecule has 0 aliphatic rings. The standard InChI is InChI=1S/C14H8BrCl2FN4/c15-7-4-11-12(17)8(5-20-22(11)6-7)14(19)21-13-9(16)2-1-3-10(13)18/h1-6H,(H2,19,21). The molecule has 0 aliphatic heterocycles. The summed E-state index contributed by atoms with van der Waals surface area (Å²) in [4.78, 5) is 4.04. The number of nitrogens with two attached hydrogens (primary N) is 1. The van der Waals surface area contributed by atoms with Gasteiger partial charge in [-0.2, -0.15) is 5.10 Å². The van der Waals surface area contributed by atoms with Gasteiger partial charge in [0, 0.05) is 10.7 Å². The summed E-state index contributed by atoms with van der Waals surface area (Å²) in [5.41, 5.74) is 6.97. The Morgan fingerprint density at radius 1 is 1.36 bits per heavy atom. The van der Waals surface area contributed by atoms with Gasteiger partial charge in [0.05, 0.1) is 27.3 Å². The number of hydrogen-bond acceptors (Lipinski definition) is 2. The van der Waals surface area contributed by atoms with E-state index in [-0.39, 0.29) is 16.5 Å². The minimum atomic E-state index is -0.564. The van der Waals surface area contributed by atoms with Crippen LogP contribution in [0.4, 0.5) is 10.1 Å². The van der Waals surface area contributed by atoms with Crippen LogP contribution in [-0.4, -0.2) is 15.4 Å². The van der Waals surface area contributed by atoms with Gasteiger partial charge in [-0.05, 0) is 34.1 Å². The molecular formula is C14H8BrCl2FN4. The van der Waals surface area contributed by atoms with Gasteiger partial charge in [-0.15, -0.1) is 0 Å². The number of aromatic nitrogens is 2. The maximum atomic E-state index is 13.8. The first kappa shape index (κ1) is 15.3. The maximum absolute atomic E-state index is 13.8. The van der Waals surface area contributed by atoms with Crippen molar-refractivity contribution in [3.63, 3.8) is 0 Å². The quantitative estimate of drug-likeness (QED) is 0.504. The molecule has 0 unspecified atom stereocenters. The number of nitrogens with zero attached hydrogens (tertiary/aromatic N) is 3. The number of rotatable bonds is 2. The van der Waals surface area contributed by atoms with Crippen LogP contribution in [0.5, 0.6) is 0 Å². The van der Waals surface area contributed by atoms with Crippen molar-refractivity contribution in [2.75, 3.05) is 0 Å². The highest BCUT2D eigenvalue weighted by atomic mass is 79.9. The van der Waals surface area contributed by atoms with Crippen LogP contribution < -0.4 is 5.73 Å². The number of amidine groups is 1. The third-order valence-electron chi connectivity index (χ3n) is 2.99. The molecule has 0 saturated carbocycles. The van der Waals surface area contributed by atoms with Gasteiger partial charge in [0.25, 0.3) is 0 Å². The lowest BCUT2D eigenvalue weighted by molar-refractivity contribution is 0.630. The summed E-state index contributed by atoms with van der Waals surface area (Å²) in [6.45, 7) is 0. The SMILES string of the molecule is NC(=Nc1c(F)cccc1Cl)c1cnn2cc(Br)cc2c1Cl. The second-order valence-corrected chi connectivity index (χ2v) is 6.13. The molecule has 2 N–H and O–H groups in total. The van der Waals surface area contributed by atoms with Crippen molar-refractivity contribution >= 4 is 56.2 Å². The summed E-state index contributed by atoms with van der Waals surface area (Å²) in [6, 6.07) is 6.07. The molecule has 112 valence electrons. The average molecular weight is 402 g/mol. The van der Waals surface area contributed by atoms with Crippen LogP contribution in [-0.2, 0) is 0 Å². The Labute approximate surface area is 143 Å². The lowest BCUT2D eigenvalue weighted by Crippen LogP contribution is -2.15. The molecule has 22 heavy (non-hydrogen) atoms. The predicted molar refractivity (Wildman–Crippen MR) is 89.7 cm³/mol. The summed E-state index contributed by atoms with van der Waals surface area (Å²) in [5.74, 6) is -0.532. The maximum Gasteiger partial charge on any atom is 0.150 e. The fraction of sp³-hybridized carbons (Fsp3) is 0. The largest absolute Gasteiger partial charge is 0.383 e. The van der Waals surface area contributed by atoms with Crippen molar-refractivity contribution in [2.24, 2.45) is 10.7 Å². The topological polar surface area (TPSA) is 55.7 Å². The lowest BCUT2D eigenvalue weighted by Gasteiger charge is -2.06. The zero-order chi connectivity index (χ0) is 15.9. The number of fused-ring (bicyclic) bond motifs is 1. The van der Waals surface area contributed by atoms with E-state index in [2.05, 4.69) is 26.0 Å². The Morgan fingerprint density at radius 3 is 2.86 bits per heavy atom. The molecule has 0 spiro atoms. The van der Waals surface area contributed by atoms with Gasteiger partial charge in [0.2, 0.25) is 0 Å². The van der Waals surface area contributed by atoms with Crippen LogP contribution in [0, 0.1) is 5.82 Å². The third kappa shape index (κ3) is 2.69. The van der Waals surface area contributed by atoms with Crippen molar-refractivity contribution in [3.05, 3.63) is 62.6 Å². The first-order valence-corrected chi connectivity index (χ1v) is 7.63. The molecule has 0 aliphatic carbocycles. The summed E-state index contributed by atoms with van der Waals surface area (Å²) in [6.07, 6.45) is 3.22. The van der Waals surface area contributed by atoms with Gasteiger partial charge in [-0.1, -0.05) is 29.3 Å². The number of para-hydroxylation sites is 1. The second kappa shape index (κ2) is 5.87. The fourth-order valence-corrected chi connectivity index (χ4v) is 2.85. The molecule has 0 fully saturated rings. The van der Waals surface area contributed by atoms with Crippen LogP contribution in [0.25, 0.3) is 5.52 Å². The molecule has 3 rings (SSSR count). The number of halogens is 4. The van der Waals surface area contributed by atoms with Crippen molar-refractivity contribution < 1.29 is 4.39 Å². The van der Waals surface area contributed by atoms with E-state index < -0.39 is 5.82 Å². The first-order valence-electron chi connectivity index (χ1n) is 6.08. The zero-order valence-corrected chi connectivity index (χ0v) is 14.0. The van der Waals surface area contributed by atoms with Gasteiger partial charge >= 0.3 is 0 Å². The molecule has 2 heterocycles. The molecule has 8 heteroatoms. The summed E-state index contributed by atoms with van der Waals surface area (Å²) < 4.78 is 16.2. The highest BCUT2D eigenvalue weighted by molar-refractivity contribution is 9.10. The molecule has 0 atom stereocenters. The molecule has 2 aromatic heterocycles. The number of aliphatic imine (C=N–C) groups is 1. The minimum absolute atomic E-state index is 0.0318. The fourth-order valence-electron chi connectivity index (χ4n) is 1.95. The number of hydrogen-bond donors (Lipinski definition) is 1. The molecule has 1 aromatic carbocycles. The second-order valence-electron chi connectivity index (χ2n) is 4.43. The van der Waals surface area contributed by atoms with Crippen molar-refractivity contribution in [3.8, 4) is 0 Å². The Bertz CT molecular complexity index is 887. The smallest absolute Gasteiger partial charge is 0.150 e. The molecule has 0 radical (unpaired) electrons.